The van der Waals surface area contributed by atoms with Crippen molar-refractivity contribution in [1.29, 1.82) is 0 Å². The third-order valence-electron chi connectivity index (χ3n) is 3.24. The molecular formula is C13H18N6S. The Morgan fingerprint density at radius 1 is 1.20 bits per heavy atom. The maximum atomic E-state index is 4.52. The molecule has 106 valence electrons. The van der Waals surface area contributed by atoms with Crippen molar-refractivity contribution >= 4 is 29.2 Å². The van der Waals surface area contributed by atoms with Gasteiger partial charge in [0.2, 0.25) is 17.8 Å². The van der Waals surface area contributed by atoms with Gasteiger partial charge in [-0.2, -0.15) is 15.0 Å². The molecule has 0 aromatic carbocycles. The molecule has 2 aromatic rings. The zero-order valence-corrected chi connectivity index (χ0v) is 12.3. The van der Waals surface area contributed by atoms with E-state index in [0.717, 1.165) is 25.6 Å². The Kier molecular flexibility index (Phi) is 3.96. The largest absolute Gasteiger partial charge is 0.357 e. The van der Waals surface area contributed by atoms with Gasteiger partial charge in [-0.1, -0.05) is 6.07 Å². The van der Waals surface area contributed by atoms with Gasteiger partial charge in [-0.15, -0.1) is 11.3 Å². The molecule has 0 unspecified atom stereocenters. The summed E-state index contributed by atoms with van der Waals surface area (Å²) in [6.45, 7) is 2.79. The van der Waals surface area contributed by atoms with Crippen LogP contribution in [-0.2, 0) is 6.54 Å². The summed E-state index contributed by atoms with van der Waals surface area (Å²) in [6, 6.07) is 4.14. The molecule has 7 heteroatoms. The van der Waals surface area contributed by atoms with E-state index in [2.05, 4.69) is 41.9 Å². The van der Waals surface area contributed by atoms with Crippen LogP contribution in [0, 0.1) is 0 Å². The van der Waals surface area contributed by atoms with E-state index in [1.165, 1.54) is 17.7 Å². The Bertz CT molecular complexity index is 550. The normalized spacial score (nSPS) is 14.6. The molecule has 6 nitrogen and oxygen atoms in total. The molecule has 0 amide bonds. The van der Waals surface area contributed by atoms with Crippen LogP contribution in [-0.4, -0.2) is 35.1 Å². The van der Waals surface area contributed by atoms with Crippen molar-refractivity contribution in [3.8, 4) is 0 Å². The molecule has 0 aliphatic carbocycles. The van der Waals surface area contributed by atoms with E-state index in [1.807, 2.05) is 13.1 Å². The molecule has 1 aliphatic rings. The summed E-state index contributed by atoms with van der Waals surface area (Å²) in [4.78, 5) is 16.8. The summed E-state index contributed by atoms with van der Waals surface area (Å²) in [6.07, 6.45) is 2.41. The number of nitrogens with zero attached hydrogens (tertiary/aromatic N) is 4. The fraction of sp³-hybridized carbons (Fsp3) is 0.462. The Morgan fingerprint density at radius 2 is 2.00 bits per heavy atom. The van der Waals surface area contributed by atoms with E-state index in [0.29, 0.717) is 11.9 Å². The molecule has 0 saturated carbocycles. The molecule has 1 saturated heterocycles. The lowest BCUT2D eigenvalue weighted by molar-refractivity contribution is 0.879. The summed E-state index contributed by atoms with van der Waals surface area (Å²) in [7, 11) is 1.83. The summed E-state index contributed by atoms with van der Waals surface area (Å²) in [5.74, 6) is 1.99. The second kappa shape index (κ2) is 6.04. The number of hydrogen-bond donors (Lipinski definition) is 2. The molecule has 3 heterocycles. The molecule has 1 aliphatic heterocycles. The van der Waals surface area contributed by atoms with Gasteiger partial charge in [0, 0.05) is 25.0 Å². The molecule has 2 N–H and O–H groups in total. The van der Waals surface area contributed by atoms with Crippen LogP contribution in [0.25, 0.3) is 0 Å². The zero-order chi connectivity index (χ0) is 13.8. The number of nitrogens with one attached hydrogen (secondary N) is 2. The quantitative estimate of drug-likeness (QED) is 0.880. The van der Waals surface area contributed by atoms with Crippen LogP contribution in [0.2, 0.25) is 0 Å². The minimum absolute atomic E-state index is 0.607. The fourth-order valence-corrected chi connectivity index (χ4v) is 2.84. The molecule has 0 bridgehead atoms. The standard InChI is InChI=1S/C13H18N6S/c1-14-11-16-12(15-9-10-5-4-8-20-10)18-13(17-11)19-6-2-3-7-19/h4-5,8H,2-3,6-7,9H2,1H3,(H2,14,15,16,17,18). The van der Waals surface area contributed by atoms with E-state index in [9.17, 15) is 0 Å². The van der Waals surface area contributed by atoms with Gasteiger partial charge in [0.1, 0.15) is 0 Å². The van der Waals surface area contributed by atoms with Crippen molar-refractivity contribution in [3.63, 3.8) is 0 Å². The van der Waals surface area contributed by atoms with E-state index >= 15 is 0 Å². The van der Waals surface area contributed by atoms with Crippen molar-refractivity contribution in [2.45, 2.75) is 19.4 Å². The minimum Gasteiger partial charge on any atom is -0.357 e. The third kappa shape index (κ3) is 2.98. The number of thiophene rings is 1. The first-order valence-corrected chi connectivity index (χ1v) is 7.68. The second-order valence-electron chi connectivity index (χ2n) is 4.66. The SMILES string of the molecule is CNc1nc(NCc2cccs2)nc(N2CCCC2)n1. The van der Waals surface area contributed by atoms with Crippen LogP contribution in [0.4, 0.5) is 17.8 Å². The van der Waals surface area contributed by atoms with Gasteiger partial charge in [0.25, 0.3) is 0 Å². The van der Waals surface area contributed by atoms with Crippen LogP contribution in [0.3, 0.4) is 0 Å². The molecule has 0 atom stereocenters. The highest BCUT2D eigenvalue weighted by Gasteiger charge is 2.17. The maximum absolute atomic E-state index is 4.52. The van der Waals surface area contributed by atoms with Crippen LogP contribution in [0.1, 0.15) is 17.7 Å². The van der Waals surface area contributed by atoms with Crippen molar-refractivity contribution < 1.29 is 0 Å². The lowest BCUT2D eigenvalue weighted by Crippen LogP contribution is -2.22. The molecule has 1 fully saturated rings. The van der Waals surface area contributed by atoms with Gasteiger partial charge in [-0.05, 0) is 24.3 Å². The third-order valence-corrected chi connectivity index (χ3v) is 4.11. The lowest BCUT2D eigenvalue weighted by atomic mass is 10.4. The average molecular weight is 290 g/mol. The van der Waals surface area contributed by atoms with Crippen molar-refractivity contribution in [3.05, 3.63) is 22.4 Å². The summed E-state index contributed by atoms with van der Waals surface area (Å²) < 4.78 is 0. The average Bonchev–Trinajstić information content (AvgIpc) is 3.17. The Hall–Kier alpha value is -1.89. The topological polar surface area (TPSA) is 66.0 Å². The molecule has 3 rings (SSSR count). The zero-order valence-electron chi connectivity index (χ0n) is 11.5. The highest BCUT2D eigenvalue weighted by atomic mass is 32.1. The van der Waals surface area contributed by atoms with Gasteiger partial charge < -0.3 is 15.5 Å². The highest BCUT2D eigenvalue weighted by Crippen LogP contribution is 2.19. The van der Waals surface area contributed by atoms with E-state index < -0.39 is 0 Å². The number of aromatic nitrogens is 3. The van der Waals surface area contributed by atoms with Crippen LogP contribution in [0.15, 0.2) is 17.5 Å². The molecule has 2 aromatic heterocycles. The number of rotatable bonds is 5. The van der Waals surface area contributed by atoms with Crippen LogP contribution in [0.5, 0.6) is 0 Å². The number of hydrogen-bond acceptors (Lipinski definition) is 7. The highest BCUT2D eigenvalue weighted by molar-refractivity contribution is 7.09. The maximum Gasteiger partial charge on any atom is 0.231 e. The van der Waals surface area contributed by atoms with E-state index in [4.69, 9.17) is 0 Å². The fourth-order valence-electron chi connectivity index (χ4n) is 2.19. The van der Waals surface area contributed by atoms with Gasteiger partial charge in [-0.3, -0.25) is 0 Å². The lowest BCUT2D eigenvalue weighted by Gasteiger charge is -2.16. The molecular weight excluding hydrogens is 272 g/mol. The van der Waals surface area contributed by atoms with Crippen molar-refractivity contribution in [2.75, 3.05) is 35.7 Å². The summed E-state index contributed by atoms with van der Waals surface area (Å²) in [5.41, 5.74) is 0. The monoisotopic (exact) mass is 290 g/mol. The first-order valence-electron chi connectivity index (χ1n) is 6.80. The van der Waals surface area contributed by atoms with Crippen molar-refractivity contribution in [1.82, 2.24) is 15.0 Å². The van der Waals surface area contributed by atoms with Crippen LogP contribution >= 0.6 is 11.3 Å². The first-order chi connectivity index (χ1) is 9.85. The second-order valence-corrected chi connectivity index (χ2v) is 5.69. The molecule has 20 heavy (non-hydrogen) atoms. The predicted octanol–water partition coefficient (Wildman–Crippen LogP) is 2.19. The molecule has 0 radical (unpaired) electrons. The summed E-state index contributed by atoms with van der Waals surface area (Å²) >= 11 is 1.72. The smallest absolute Gasteiger partial charge is 0.231 e. The van der Waals surface area contributed by atoms with Crippen molar-refractivity contribution in [2.24, 2.45) is 0 Å². The minimum atomic E-state index is 0.607. The van der Waals surface area contributed by atoms with E-state index in [1.54, 1.807) is 11.3 Å². The van der Waals surface area contributed by atoms with Gasteiger partial charge in [0.15, 0.2) is 0 Å². The van der Waals surface area contributed by atoms with E-state index in [-0.39, 0.29) is 0 Å². The Labute approximate surface area is 122 Å². The number of anilines is 3. The predicted molar refractivity (Wildman–Crippen MR) is 82.5 cm³/mol. The molecule has 0 spiro atoms. The van der Waals surface area contributed by atoms with Gasteiger partial charge >= 0.3 is 0 Å². The van der Waals surface area contributed by atoms with Gasteiger partial charge in [-0.25, -0.2) is 0 Å². The van der Waals surface area contributed by atoms with Gasteiger partial charge in [0.05, 0.1) is 6.54 Å². The Balaban J connectivity index is 1.76. The van der Waals surface area contributed by atoms with Crippen LogP contribution < -0.4 is 15.5 Å². The first kappa shape index (κ1) is 13.1. The Morgan fingerprint density at radius 3 is 2.70 bits per heavy atom. The summed E-state index contributed by atoms with van der Waals surface area (Å²) in [5, 5.41) is 8.33.